The molecular formula is C14H19ClF3NS. The van der Waals surface area contributed by atoms with Crippen molar-refractivity contribution in [1.82, 2.24) is 5.32 Å². The lowest BCUT2D eigenvalue weighted by molar-refractivity contribution is -0.136. The van der Waals surface area contributed by atoms with Crippen LogP contribution in [0.2, 0.25) is 5.02 Å². The fourth-order valence-corrected chi connectivity index (χ4v) is 3.03. The summed E-state index contributed by atoms with van der Waals surface area (Å²) in [5.41, 5.74) is 0. The normalized spacial score (nSPS) is 13.4. The quantitative estimate of drug-likeness (QED) is 0.664. The van der Waals surface area contributed by atoms with Crippen LogP contribution in [-0.4, -0.2) is 24.5 Å². The second kappa shape index (κ2) is 8.80. The molecule has 1 aromatic carbocycles. The first-order valence-corrected chi connectivity index (χ1v) is 7.96. The van der Waals surface area contributed by atoms with E-state index in [-0.39, 0.29) is 12.5 Å². The van der Waals surface area contributed by atoms with Crippen molar-refractivity contribution in [3.8, 4) is 0 Å². The van der Waals surface area contributed by atoms with E-state index < -0.39 is 12.6 Å². The van der Waals surface area contributed by atoms with Gasteiger partial charge in [0, 0.05) is 23.1 Å². The van der Waals surface area contributed by atoms with Crippen molar-refractivity contribution in [1.29, 1.82) is 0 Å². The first-order valence-electron chi connectivity index (χ1n) is 6.60. The summed E-state index contributed by atoms with van der Waals surface area (Å²) >= 11 is 7.53. The number of nitrogens with one attached hydrogen (secondary N) is 1. The summed E-state index contributed by atoms with van der Waals surface area (Å²) in [7, 11) is 0. The monoisotopic (exact) mass is 325 g/mol. The van der Waals surface area contributed by atoms with Crippen LogP contribution >= 0.6 is 23.4 Å². The second-order valence-electron chi connectivity index (χ2n) is 4.55. The molecule has 0 aliphatic heterocycles. The molecule has 0 bridgehead atoms. The van der Waals surface area contributed by atoms with Crippen LogP contribution in [0.1, 0.15) is 26.2 Å². The fourth-order valence-electron chi connectivity index (χ4n) is 1.68. The van der Waals surface area contributed by atoms with E-state index in [0.29, 0.717) is 10.8 Å². The third-order valence-corrected chi connectivity index (χ3v) is 4.41. The molecule has 0 saturated carbocycles. The zero-order chi connectivity index (χ0) is 15.0. The summed E-state index contributed by atoms with van der Waals surface area (Å²) in [5.74, 6) is 0.583. The van der Waals surface area contributed by atoms with Gasteiger partial charge in [-0.2, -0.15) is 13.2 Å². The first kappa shape index (κ1) is 17.7. The SMILES string of the molecule is CCCNC(CCC(F)(F)F)CSc1ccccc1Cl. The van der Waals surface area contributed by atoms with Crippen molar-refractivity contribution in [2.45, 2.75) is 43.3 Å². The van der Waals surface area contributed by atoms with E-state index in [1.807, 2.05) is 25.1 Å². The highest BCUT2D eigenvalue weighted by Gasteiger charge is 2.28. The van der Waals surface area contributed by atoms with Crippen LogP contribution in [0.4, 0.5) is 13.2 Å². The average Bonchev–Trinajstić information content (AvgIpc) is 2.38. The molecule has 0 heterocycles. The zero-order valence-electron chi connectivity index (χ0n) is 11.3. The number of alkyl halides is 3. The van der Waals surface area contributed by atoms with Gasteiger partial charge in [-0.05, 0) is 31.5 Å². The van der Waals surface area contributed by atoms with Crippen molar-refractivity contribution < 1.29 is 13.2 Å². The van der Waals surface area contributed by atoms with Crippen LogP contribution in [0.3, 0.4) is 0 Å². The Labute approximate surface area is 127 Å². The molecule has 0 aliphatic carbocycles. The molecule has 0 spiro atoms. The third-order valence-electron chi connectivity index (χ3n) is 2.74. The van der Waals surface area contributed by atoms with Crippen molar-refractivity contribution in [2.75, 3.05) is 12.3 Å². The number of hydrogen-bond donors (Lipinski definition) is 1. The second-order valence-corrected chi connectivity index (χ2v) is 6.02. The molecule has 1 atom stereocenters. The van der Waals surface area contributed by atoms with Gasteiger partial charge < -0.3 is 5.32 Å². The minimum atomic E-state index is -4.10. The standard InChI is InChI=1S/C14H19ClF3NS/c1-2-9-19-11(7-8-14(16,17)18)10-20-13-6-4-3-5-12(13)15/h3-6,11,19H,2,7-10H2,1H3. The highest BCUT2D eigenvalue weighted by Crippen LogP contribution is 2.29. The third kappa shape index (κ3) is 7.41. The predicted molar refractivity (Wildman–Crippen MR) is 79.5 cm³/mol. The maximum absolute atomic E-state index is 12.3. The van der Waals surface area contributed by atoms with Crippen LogP contribution in [0.25, 0.3) is 0 Å². The zero-order valence-corrected chi connectivity index (χ0v) is 12.9. The van der Waals surface area contributed by atoms with Gasteiger partial charge in [0.15, 0.2) is 0 Å². The number of hydrogen-bond acceptors (Lipinski definition) is 2. The minimum Gasteiger partial charge on any atom is -0.313 e. The highest BCUT2D eigenvalue weighted by molar-refractivity contribution is 7.99. The lowest BCUT2D eigenvalue weighted by Crippen LogP contribution is -2.33. The fraction of sp³-hybridized carbons (Fsp3) is 0.571. The van der Waals surface area contributed by atoms with Gasteiger partial charge in [0.25, 0.3) is 0 Å². The number of halogens is 4. The van der Waals surface area contributed by atoms with Crippen LogP contribution < -0.4 is 5.32 Å². The Morgan fingerprint density at radius 3 is 2.60 bits per heavy atom. The Bertz CT molecular complexity index is 398. The summed E-state index contributed by atoms with van der Waals surface area (Å²) in [6.45, 7) is 2.72. The van der Waals surface area contributed by atoms with Crippen LogP contribution in [0.15, 0.2) is 29.2 Å². The summed E-state index contributed by atoms with van der Waals surface area (Å²) in [6.07, 6.45) is -3.85. The van der Waals surface area contributed by atoms with Crippen molar-refractivity contribution >= 4 is 23.4 Å². The van der Waals surface area contributed by atoms with E-state index in [9.17, 15) is 13.2 Å². The maximum atomic E-state index is 12.3. The molecule has 0 amide bonds. The van der Waals surface area contributed by atoms with E-state index >= 15 is 0 Å². The van der Waals surface area contributed by atoms with E-state index in [0.717, 1.165) is 17.9 Å². The molecule has 0 aromatic heterocycles. The van der Waals surface area contributed by atoms with Crippen LogP contribution in [0.5, 0.6) is 0 Å². The predicted octanol–water partition coefficient (Wildman–Crippen LogP) is 5.14. The van der Waals surface area contributed by atoms with Crippen molar-refractivity contribution in [3.63, 3.8) is 0 Å². The maximum Gasteiger partial charge on any atom is 0.389 e. The van der Waals surface area contributed by atoms with Gasteiger partial charge in [-0.25, -0.2) is 0 Å². The molecule has 1 aromatic rings. The van der Waals surface area contributed by atoms with Gasteiger partial charge in [-0.1, -0.05) is 30.7 Å². The lowest BCUT2D eigenvalue weighted by Gasteiger charge is -2.19. The highest BCUT2D eigenvalue weighted by atomic mass is 35.5. The van der Waals surface area contributed by atoms with E-state index in [1.165, 1.54) is 11.8 Å². The topological polar surface area (TPSA) is 12.0 Å². The van der Waals surface area contributed by atoms with Crippen LogP contribution in [-0.2, 0) is 0 Å². The van der Waals surface area contributed by atoms with Gasteiger partial charge in [0.1, 0.15) is 0 Å². The Morgan fingerprint density at radius 1 is 1.30 bits per heavy atom. The molecular weight excluding hydrogens is 307 g/mol. The molecule has 1 nitrogen and oxygen atoms in total. The van der Waals surface area contributed by atoms with Gasteiger partial charge >= 0.3 is 6.18 Å². The molecule has 0 fully saturated rings. The Hall–Kier alpha value is -0.390. The number of benzene rings is 1. The van der Waals surface area contributed by atoms with E-state index in [2.05, 4.69) is 5.32 Å². The summed E-state index contributed by atoms with van der Waals surface area (Å²) in [6, 6.07) is 7.22. The minimum absolute atomic E-state index is 0.0982. The van der Waals surface area contributed by atoms with E-state index in [1.54, 1.807) is 6.07 Å². The van der Waals surface area contributed by atoms with E-state index in [4.69, 9.17) is 11.6 Å². The molecule has 0 aliphatic rings. The molecule has 1 N–H and O–H groups in total. The molecule has 0 saturated heterocycles. The largest absolute Gasteiger partial charge is 0.389 e. The average molecular weight is 326 g/mol. The van der Waals surface area contributed by atoms with Crippen molar-refractivity contribution in [3.05, 3.63) is 29.3 Å². The Balaban J connectivity index is 2.49. The summed E-state index contributed by atoms with van der Waals surface area (Å²) in [5, 5.41) is 3.81. The molecule has 114 valence electrons. The lowest BCUT2D eigenvalue weighted by atomic mass is 10.2. The first-order chi connectivity index (χ1) is 9.42. The Kier molecular flexibility index (Phi) is 7.77. The molecule has 0 radical (unpaired) electrons. The molecule has 6 heteroatoms. The molecule has 20 heavy (non-hydrogen) atoms. The van der Waals surface area contributed by atoms with Crippen LogP contribution in [0, 0.1) is 0 Å². The number of rotatable bonds is 8. The van der Waals surface area contributed by atoms with Gasteiger partial charge in [-0.3, -0.25) is 0 Å². The molecule has 1 rings (SSSR count). The summed E-state index contributed by atoms with van der Waals surface area (Å²) < 4.78 is 36.9. The van der Waals surface area contributed by atoms with Crippen molar-refractivity contribution in [2.24, 2.45) is 0 Å². The summed E-state index contributed by atoms with van der Waals surface area (Å²) in [4.78, 5) is 0.907. The van der Waals surface area contributed by atoms with Gasteiger partial charge in [0.2, 0.25) is 0 Å². The Morgan fingerprint density at radius 2 is 2.00 bits per heavy atom. The molecule has 1 unspecified atom stereocenters. The number of thioether (sulfide) groups is 1. The smallest absolute Gasteiger partial charge is 0.313 e. The van der Waals surface area contributed by atoms with Gasteiger partial charge in [-0.15, -0.1) is 11.8 Å². The van der Waals surface area contributed by atoms with Gasteiger partial charge in [0.05, 0.1) is 5.02 Å².